The molecule has 2 N–H and O–H groups in total. The van der Waals surface area contributed by atoms with Gasteiger partial charge in [0.2, 0.25) is 0 Å². The van der Waals surface area contributed by atoms with E-state index >= 15 is 8.78 Å². The molecule has 0 fully saturated rings. The van der Waals surface area contributed by atoms with E-state index in [-0.39, 0.29) is 34.9 Å². The maximum atomic E-state index is 15.8. The third-order valence-electron chi connectivity index (χ3n) is 13.4. The molecule has 0 atom stereocenters. The summed E-state index contributed by atoms with van der Waals surface area (Å²) in [5, 5.41) is 19.0. The maximum Gasteiger partial charge on any atom is 0.492 e. The summed E-state index contributed by atoms with van der Waals surface area (Å²) in [5.74, 6) is -1.09. The van der Waals surface area contributed by atoms with Crippen LogP contribution >= 0.6 is 31.9 Å². The summed E-state index contributed by atoms with van der Waals surface area (Å²) < 4.78 is 74.3. The summed E-state index contributed by atoms with van der Waals surface area (Å²) in [6.07, 6.45) is 0. The Hall–Kier alpha value is -8.52. The third kappa shape index (κ3) is 14.4. The van der Waals surface area contributed by atoms with Gasteiger partial charge in [-0.25, -0.2) is 17.6 Å². The van der Waals surface area contributed by atoms with Crippen molar-refractivity contribution in [2.45, 2.75) is 14.9 Å². The summed E-state index contributed by atoms with van der Waals surface area (Å²) in [5.41, 5.74) is 13.6. The Bertz CT molecular complexity index is 3760. The fourth-order valence-electron chi connectivity index (χ4n) is 9.56. The van der Waals surface area contributed by atoms with Crippen LogP contribution in [0.25, 0.3) is 89.0 Å². The van der Waals surface area contributed by atoms with Crippen molar-refractivity contribution in [3.63, 3.8) is 0 Å². The van der Waals surface area contributed by atoms with E-state index in [1.807, 2.05) is 121 Å². The monoisotopic (exact) mass is 1240 g/mol. The minimum absolute atomic E-state index is 0. The molecule has 0 aromatic heterocycles. The Morgan fingerprint density at radius 3 is 0.916 bits per heavy atom. The second-order valence-corrected chi connectivity index (χ2v) is 20.1. The van der Waals surface area contributed by atoms with E-state index in [0.29, 0.717) is 33.8 Å². The molecule has 11 rings (SSSR count). The van der Waals surface area contributed by atoms with Gasteiger partial charge in [-0.2, -0.15) is 0 Å². The van der Waals surface area contributed by atoms with Crippen LogP contribution in [0, 0.1) is 23.3 Å². The maximum absolute atomic E-state index is 15.8. The highest BCUT2D eigenvalue weighted by Gasteiger charge is 2.23. The summed E-state index contributed by atoms with van der Waals surface area (Å²) in [6.45, 7) is 0. The van der Waals surface area contributed by atoms with E-state index in [4.69, 9.17) is 14.2 Å². The van der Waals surface area contributed by atoms with Gasteiger partial charge in [-0.1, -0.05) is 215 Å². The van der Waals surface area contributed by atoms with Crippen LogP contribution in [-0.2, 0) is 0 Å². The Balaban J connectivity index is 0.000000233. The van der Waals surface area contributed by atoms with E-state index in [9.17, 15) is 18.8 Å². The summed E-state index contributed by atoms with van der Waals surface area (Å²) in [7, 11) is 3.11. The van der Waals surface area contributed by atoms with Crippen LogP contribution < -0.4 is 19.7 Å². The fourth-order valence-corrected chi connectivity index (χ4v) is 10.6. The zero-order valence-electron chi connectivity index (χ0n) is 44.1. The lowest BCUT2D eigenvalue weighted by Crippen LogP contribution is -2.31. The first-order chi connectivity index (χ1) is 39.4. The van der Waals surface area contributed by atoms with Gasteiger partial charge in [0.05, 0.1) is 30.3 Å². The number of ether oxygens (including phenoxy) is 3. The van der Waals surface area contributed by atoms with Crippen molar-refractivity contribution in [2.75, 3.05) is 21.3 Å². The molecule has 11 aromatic rings. The summed E-state index contributed by atoms with van der Waals surface area (Å²) in [4.78, 5) is 0. The molecule has 83 heavy (non-hydrogen) atoms. The van der Waals surface area contributed by atoms with Crippen molar-refractivity contribution in [3.05, 3.63) is 275 Å². The fraction of sp³-hybridized carbons (Fsp3) is 0.0704. The molecule has 0 amide bonds. The zero-order chi connectivity index (χ0) is 57.0. The number of rotatable bonds is 12. The Kier molecular flexibility index (Phi) is 21.7. The first-order valence-corrected chi connectivity index (χ1v) is 27.1. The molecule has 0 spiro atoms. The van der Waals surface area contributed by atoms with Crippen molar-refractivity contribution in [1.82, 2.24) is 0 Å². The van der Waals surface area contributed by atoms with Gasteiger partial charge < -0.3 is 24.3 Å². The van der Waals surface area contributed by atoms with Crippen molar-refractivity contribution in [1.29, 1.82) is 0 Å². The van der Waals surface area contributed by atoms with E-state index in [1.54, 1.807) is 44.6 Å². The first-order valence-electron chi connectivity index (χ1n) is 25.5. The highest BCUT2D eigenvalue weighted by Crippen LogP contribution is 2.46. The summed E-state index contributed by atoms with van der Waals surface area (Å²) in [6, 6.07) is 75.9. The number of benzene rings is 11. The molecule has 0 aliphatic heterocycles. The van der Waals surface area contributed by atoms with Gasteiger partial charge in [-0.3, -0.25) is 0 Å². The van der Waals surface area contributed by atoms with E-state index in [1.165, 1.54) is 13.2 Å². The highest BCUT2D eigenvalue weighted by atomic mass is 79.9. The zero-order valence-corrected chi connectivity index (χ0v) is 47.2. The van der Waals surface area contributed by atoms with Gasteiger partial charge in [0.1, 0.15) is 40.5 Å². The van der Waals surface area contributed by atoms with Crippen molar-refractivity contribution in [2.24, 2.45) is 0 Å². The number of methoxy groups -OCH3 is 3. The first kappa shape index (κ1) is 62.1. The highest BCUT2D eigenvalue weighted by molar-refractivity contribution is 9.11. The quantitative estimate of drug-likeness (QED) is 0.0725. The minimum atomic E-state index is -1.57. The molecule has 0 saturated heterocycles. The number of hydrogen-bond acceptors (Lipinski definition) is 5. The number of para-hydroxylation sites is 3. The van der Waals surface area contributed by atoms with E-state index in [2.05, 4.69) is 105 Å². The van der Waals surface area contributed by atoms with Crippen molar-refractivity contribution in [3.8, 4) is 106 Å². The lowest BCUT2D eigenvalue weighted by Gasteiger charge is -2.18. The molecule has 0 bridgehead atoms. The molecule has 0 aliphatic rings. The predicted molar refractivity (Wildman–Crippen MR) is 341 cm³/mol. The number of halogens is 6. The predicted octanol–water partition coefficient (Wildman–Crippen LogP) is 19.5. The molecule has 418 valence electrons. The van der Waals surface area contributed by atoms with Crippen LogP contribution in [0.2, 0.25) is 0 Å². The van der Waals surface area contributed by atoms with Crippen molar-refractivity contribution >= 4 is 44.4 Å². The molecule has 0 radical (unpaired) electrons. The number of hydrogen-bond donors (Lipinski definition) is 2. The molecule has 0 unspecified atom stereocenters. The Morgan fingerprint density at radius 2 is 0.578 bits per heavy atom. The Labute approximate surface area is 500 Å². The van der Waals surface area contributed by atoms with Gasteiger partial charge in [0, 0.05) is 56.5 Å². The van der Waals surface area contributed by atoms with Crippen LogP contribution in [0.5, 0.6) is 17.2 Å². The molecule has 12 heteroatoms. The molecule has 0 heterocycles. The average molecular weight is 1240 g/mol. The molecular formula is C71H59BBr2F4O5. The van der Waals surface area contributed by atoms with Crippen LogP contribution in [0.3, 0.4) is 0 Å². The van der Waals surface area contributed by atoms with Gasteiger partial charge in [0.25, 0.3) is 0 Å². The van der Waals surface area contributed by atoms with Crippen LogP contribution in [-0.4, -0.2) is 38.5 Å². The lowest BCUT2D eigenvalue weighted by molar-refractivity contribution is 0.404. The van der Waals surface area contributed by atoms with E-state index in [0.717, 1.165) is 78.9 Å². The molecule has 5 nitrogen and oxygen atoms in total. The summed E-state index contributed by atoms with van der Waals surface area (Å²) >= 11 is 5.82. The van der Waals surface area contributed by atoms with Gasteiger partial charge in [-0.05, 0) is 112 Å². The topological polar surface area (TPSA) is 68.2 Å². The minimum Gasteiger partial charge on any atom is -0.496 e. The van der Waals surface area contributed by atoms with Gasteiger partial charge >= 0.3 is 7.12 Å². The second-order valence-electron chi connectivity index (χ2n) is 18.4. The van der Waals surface area contributed by atoms with Crippen LogP contribution in [0.4, 0.5) is 17.6 Å². The third-order valence-corrected chi connectivity index (χ3v) is 14.6. The molecule has 0 aliphatic carbocycles. The average Bonchev–Trinajstić information content (AvgIpc) is 3.34. The van der Waals surface area contributed by atoms with Gasteiger partial charge in [-0.15, -0.1) is 0 Å². The molecule has 0 saturated carbocycles. The normalized spacial score (nSPS) is 10.4. The van der Waals surface area contributed by atoms with Crippen LogP contribution in [0.1, 0.15) is 14.9 Å². The second kappa shape index (κ2) is 28.9. The molecule has 11 aromatic carbocycles. The Morgan fingerprint density at radius 1 is 0.289 bits per heavy atom. The lowest BCUT2D eigenvalue weighted by atomic mass is 9.78. The van der Waals surface area contributed by atoms with Crippen LogP contribution in [0.15, 0.2) is 252 Å². The van der Waals surface area contributed by atoms with Crippen molar-refractivity contribution < 1.29 is 41.8 Å². The smallest absolute Gasteiger partial charge is 0.492 e. The molecular weight excluding hydrogens is 1180 g/mol. The van der Waals surface area contributed by atoms with E-state index < -0.39 is 30.4 Å². The largest absolute Gasteiger partial charge is 0.496 e. The van der Waals surface area contributed by atoms with Gasteiger partial charge in [0.15, 0.2) is 0 Å². The SMILES string of the molecule is C.C.COc1c(-c2cccc(-c3ccccc3)c2)cccc1-c1cc(-c2cccc(-c3cccc(-c4ccccc4)c3)c2OC)c(F)cc1F.COc1c(B(O)O)cccc1-c1cccc(-c2ccccc2)c1.Fc1cc(F)c(Br)cc1Br. The standard InChI is InChI=1S/C44H32F2O2.C19H17BO3.C6H2Br2F2.2CH4/c1-47-43-35(33-19-9-17-31(25-33)29-13-5-3-6-14-29)21-11-23-37(43)39-27-40(42(46)28-41(39)45)38-24-12-22-36(44(38)48-2)34-20-10-18-32(26-34)30-15-7-4-8-16-30;1-23-19-17(11-6-12-18(19)20(21)22)16-10-5-9-15(13-16)14-7-3-2-4-8-14;7-3-1-4(8)6(10)2-5(3)9;;/h3-28H,1-2H3;2-13,21-22H,1H3;1-2H;2*1H4.